The fraction of sp³-hybridized carbons (Fsp3) is 0.136. The molecule has 0 saturated heterocycles. The molecule has 0 aliphatic heterocycles. The zero-order valence-electron chi connectivity index (χ0n) is 16.1. The minimum atomic E-state index is -0.184. The molecule has 152 valence electrons. The molecule has 8 heteroatoms. The number of thioether (sulfide) groups is 1. The van der Waals surface area contributed by atoms with E-state index in [1.54, 1.807) is 16.7 Å². The molecular weight excluding hydrogens is 438 g/mol. The predicted molar refractivity (Wildman–Crippen MR) is 125 cm³/mol. The van der Waals surface area contributed by atoms with Gasteiger partial charge in [-0.05, 0) is 41.6 Å². The molecule has 0 atom stereocenters. The van der Waals surface area contributed by atoms with Crippen molar-refractivity contribution in [3.63, 3.8) is 0 Å². The van der Waals surface area contributed by atoms with Crippen LogP contribution in [0.5, 0.6) is 0 Å². The lowest BCUT2D eigenvalue weighted by Crippen LogP contribution is -2.24. The van der Waals surface area contributed by atoms with Crippen LogP contribution in [0, 0.1) is 6.92 Å². The molecule has 0 fully saturated rings. The molecule has 2 heterocycles. The van der Waals surface area contributed by atoms with Crippen LogP contribution < -0.4 is 10.9 Å². The lowest BCUT2D eigenvalue weighted by Gasteiger charge is -2.13. The normalized spacial score (nSPS) is 11.0. The summed E-state index contributed by atoms with van der Waals surface area (Å²) in [5, 5.41) is 5.86. The van der Waals surface area contributed by atoms with Gasteiger partial charge in [-0.25, -0.2) is 4.98 Å². The first-order valence-corrected chi connectivity index (χ1v) is 11.5. The van der Waals surface area contributed by atoms with Crippen molar-refractivity contribution in [2.45, 2.75) is 18.6 Å². The first-order valence-electron chi connectivity index (χ1n) is 9.22. The number of carbonyl (C=O) groups excluding carboxylic acids is 1. The third-order valence-electron chi connectivity index (χ3n) is 4.59. The zero-order chi connectivity index (χ0) is 21.1. The van der Waals surface area contributed by atoms with Gasteiger partial charge in [0.1, 0.15) is 4.70 Å². The van der Waals surface area contributed by atoms with Gasteiger partial charge in [0.25, 0.3) is 5.56 Å². The molecule has 4 aromatic rings. The number of amides is 1. The average Bonchev–Trinajstić information content (AvgIpc) is 3.22. The minimum Gasteiger partial charge on any atom is -0.325 e. The summed E-state index contributed by atoms with van der Waals surface area (Å²) in [6.07, 6.45) is 0. The topological polar surface area (TPSA) is 64.0 Å². The number of aromatic nitrogens is 2. The van der Waals surface area contributed by atoms with E-state index in [1.807, 2.05) is 54.8 Å². The molecular formula is C22H18ClN3O2S2. The van der Waals surface area contributed by atoms with Crippen molar-refractivity contribution >= 4 is 56.5 Å². The largest absolute Gasteiger partial charge is 0.325 e. The molecule has 30 heavy (non-hydrogen) atoms. The summed E-state index contributed by atoms with van der Waals surface area (Å²) in [6, 6.07) is 17.0. The fourth-order valence-electron chi connectivity index (χ4n) is 3.00. The van der Waals surface area contributed by atoms with Crippen LogP contribution >= 0.6 is 34.7 Å². The highest BCUT2D eigenvalue weighted by Gasteiger charge is 2.15. The van der Waals surface area contributed by atoms with Gasteiger partial charge in [0.2, 0.25) is 5.91 Å². The Bertz CT molecular complexity index is 1270. The Hall–Kier alpha value is -2.61. The molecule has 2 aromatic heterocycles. The van der Waals surface area contributed by atoms with Crippen molar-refractivity contribution in [2.75, 3.05) is 11.1 Å². The van der Waals surface area contributed by atoms with E-state index in [0.717, 1.165) is 11.1 Å². The summed E-state index contributed by atoms with van der Waals surface area (Å²) in [6.45, 7) is 2.26. The van der Waals surface area contributed by atoms with Crippen LogP contribution in [0.3, 0.4) is 0 Å². The van der Waals surface area contributed by atoms with Crippen LogP contribution in [0.1, 0.15) is 11.1 Å². The van der Waals surface area contributed by atoms with Gasteiger partial charge in [-0.15, -0.1) is 11.3 Å². The van der Waals surface area contributed by atoms with Crippen molar-refractivity contribution in [1.82, 2.24) is 9.55 Å². The number of fused-ring (bicyclic) bond motifs is 1. The van der Waals surface area contributed by atoms with Crippen molar-refractivity contribution < 1.29 is 4.79 Å². The zero-order valence-corrected chi connectivity index (χ0v) is 18.5. The van der Waals surface area contributed by atoms with E-state index in [9.17, 15) is 9.59 Å². The first kappa shape index (κ1) is 20.7. The molecule has 0 bridgehead atoms. The summed E-state index contributed by atoms with van der Waals surface area (Å²) < 4.78 is 2.26. The quantitative estimate of drug-likeness (QED) is 0.320. The van der Waals surface area contributed by atoms with Crippen LogP contribution in [-0.2, 0) is 11.3 Å². The number of thiophene rings is 1. The van der Waals surface area contributed by atoms with Gasteiger partial charge in [-0.1, -0.05) is 59.8 Å². The summed E-state index contributed by atoms with van der Waals surface area (Å²) in [7, 11) is 0. The van der Waals surface area contributed by atoms with E-state index in [4.69, 9.17) is 11.6 Å². The van der Waals surface area contributed by atoms with Crippen molar-refractivity contribution in [3.05, 3.63) is 86.5 Å². The number of hydrogen-bond donors (Lipinski definition) is 1. The van der Waals surface area contributed by atoms with E-state index in [0.29, 0.717) is 32.6 Å². The van der Waals surface area contributed by atoms with Crippen LogP contribution in [0.25, 0.3) is 10.2 Å². The maximum absolute atomic E-state index is 13.0. The van der Waals surface area contributed by atoms with E-state index >= 15 is 0 Å². The monoisotopic (exact) mass is 455 g/mol. The Morgan fingerprint density at radius 2 is 1.97 bits per heavy atom. The molecule has 2 aromatic carbocycles. The molecule has 0 radical (unpaired) electrons. The Morgan fingerprint density at radius 1 is 1.17 bits per heavy atom. The van der Waals surface area contributed by atoms with E-state index in [2.05, 4.69) is 10.3 Å². The number of carbonyl (C=O) groups is 1. The van der Waals surface area contributed by atoms with Crippen molar-refractivity contribution in [1.29, 1.82) is 0 Å². The number of nitrogens with one attached hydrogen (secondary N) is 1. The Morgan fingerprint density at radius 3 is 2.77 bits per heavy atom. The predicted octanol–water partition coefficient (Wildman–Crippen LogP) is 5.20. The summed E-state index contributed by atoms with van der Waals surface area (Å²) in [4.78, 5) is 30.2. The molecule has 4 rings (SSSR count). The van der Waals surface area contributed by atoms with E-state index in [1.165, 1.54) is 23.1 Å². The minimum absolute atomic E-state index is 0.0903. The number of rotatable bonds is 6. The van der Waals surface area contributed by atoms with E-state index in [-0.39, 0.29) is 17.2 Å². The van der Waals surface area contributed by atoms with Crippen LogP contribution in [0.4, 0.5) is 5.69 Å². The standard InChI is InChI=1S/C22H18ClN3O2S2/c1-14-16(23)8-5-9-17(14)24-19(27)13-30-22-25-18-10-11-29-20(18)21(28)26(22)12-15-6-3-2-4-7-15/h2-11H,12-13H2,1H3,(H,24,27). The molecule has 0 unspecified atom stereocenters. The highest BCUT2D eigenvalue weighted by molar-refractivity contribution is 7.99. The maximum Gasteiger partial charge on any atom is 0.272 e. The average molecular weight is 456 g/mol. The van der Waals surface area contributed by atoms with Gasteiger partial charge in [-0.2, -0.15) is 0 Å². The molecule has 0 spiro atoms. The number of hydrogen-bond acceptors (Lipinski definition) is 5. The Labute approximate surface area is 186 Å². The lowest BCUT2D eigenvalue weighted by molar-refractivity contribution is -0.113. The third-order valence-corrected chi connectivity index (χ3v) is 6.87. The molecule has 0 aliphatic carbocycles. The summed E-state index contributed by atoms with van der Waals surface area (Å²) in [5.74, 6) is -0.0562. The van der Waals surface area contributed by atoms with Gasteiger partial charge in [0.05, 0.1) is 17.8 Å². The Balaban J connectivity index is 1.58. The lowest BCUT2D eigenvalue weighted by atomic mass is 10.2. The molecule has 0 saturated carbocycles. The number of halogens is 1. The van der Waals surface area contributed by atoms with Crippen LogP contribution in [0.2, 0.25) is 5.02 Å². The molecule has 1 amide bonds. The van der Waals surface area contributed by atoms with Crippen LogP contribution in [0.15, 0.2) is 69.9 Å². The highest BCUT2D eigenvalue weighted by atomic mass is 35.5. The molecule has 0 aliphatic rings. The number of anilines is 1. The van der Waals surface area contributed by atoms with E-state index < -0.39 is 0 Å². The second-order valence-corrected chi connectivity index (χ2v) is 8.92. The van der Waals surface area contributed by atoms with Gasteiger partial charge >= 0.3 is 0 Å². The van der Waals surface area contributed by atoms with Crippen molar-refractivity contribution in [3.8, 4) is 0 Å². The second-order valence-electron chi connectivity index (χ2n) is 6.66. The molecule has 1 N–H and O–H groups in total. The summed E-state index contributed by atoms with van der Waals surface area (Å²) >= 11 is 8.75. The highest BCUT2D eigenvalue weighted by Crippen LogP contribution is 2.25. The van der Waals surface area contributed by atoms with Gasteiger partial charge in [-0.3, -0.25) is 14.2 Å². The SMILES string of the molecule is Cc1c(Cl)cccc1NC(=O)CSc1nc2ccsc2c(=O)n1Cc1ccccc1. The van der Waals surface area contributed by atoms with Crippen LogP contribution in [-0.4, -0.2) is 21.2 Å². The molecule has 5 nitrogen and oxygen atoms in total. The Kier molecular flexibility index (Phi) is 6.22. The first-order chi connectivity index (χ1) is 14.5. The second kappa shape index (κ2) is 9.04. The smallest absolute Gasteiger partial charge is 0.272 e. The van der Waals surface area contributed by atoms with Gasteiger partial charge in [0.15, 0.2) is 5.16 Å². The number of benzene rings is 2. The number of nitrogens with zero attached hydrogens (tertiary/aromatic N) is 2. The fourth-order valence-corrected chi connectivity index (χ4v) is 4.75. The van der Waals surface area contributed by atoms with Crippen molar-refractivity contribution in [2.24, 2.45) is 0 Å². The third kappa shape index (κ3) is 4.43. The summed E-state index contributed by atoms with van der Waals surface area (Å²) in [5.41, 5.74) is 3.06. The van der Waals surface area contributed by atoms with Gasteiger partial charge < -0.3 is 5.32 Å². The maximum atomic E-state index is 13.0. The van der Waals surface area contributed by atoms with Gasteiger partial charge in [0, 0.05) is 10.7 Å².